The van der Waals surface area contributed by atoms with Gasteiger partial charge in [0.15, 0.2) is 5.58 Å². The van der Waals surface area contributed by atoms with Crippen LogP contribution in [-0.4, -0.2) is 68.4 Å². The Hall–Kier alpha value is -3.11. The number of oxazole rings is 1. The van der Waals surface area contributed by atoms with Crippen LogP contribution in [0.1, 0.15) is 10.4 Å². The molecule has 0 N–H and O–H groups in total. The topological polar surface area (TPSA) is 96.1 Å². The Morgan fingerprint density at radius 3 is 2.26 bits per heavy atom. The normalized spacial score (nSPS) is 15.4. The highest BCUT2D eigenvalue weighted by Crippen LogP contribution is 2.23. The monoisotopic (exact) mass is 444 g/mol. The molecule has 1 aliphatic heterocycles. The van der Waals surface area contributed by atoms with Crippen molar-refractivity contribution < 1.29 is 17.6 Å². The minimum absolute atomic E-state index is 0.0633. The predicted octanol–water partition coefficient (Wildman–Crippen LogP) is 1.34. The van der Waals surface area contributed by atoms with Crippen LogP contribution in [0.25, 0.3) is 11.1 Å². The van der Waals surface area contributed by atoms with Crippen LogP contribution in [-0.2, 0) is 17.1 Å². The standard InChI is InChI=1S/C21H24N4O5S/c1-22(2)16-6-4-15(5-7-16)20(26)24-10-12-25(13-11-24)31(28,29)17-8-9-18-19(14-17)30-21(27)23(18)3/h4-9,14H,10-13H2,1-3H3. The Bertz CT molecular complexity index is 1280. The zero-order valence-electron chi connectivity index (χ0n) is 17.6. The molecule has 0 spiro atoms. The predicted molar refractivity (Wildman–Crippen MR) is 117 cm³/mol. The van der Waals surface area contributed by atoms with E-state index in [9.17, 15) is 18.0 Å². The summed E-state index contributed by atoms with van der Waals surface area (Å²) in [6.07, 6.45) is 0. The highest BCUT2D eigenvalue weighted by atomic mass is 32.2. The molecule has 0 atom stereocenters. The molecular formula is C21H24N4O5S. The van der Waals surface area contributed by atoms with E-state index in [0.717, 1.165) is 5.69 Å². The largest absolute Gasteiger partial charge is 0.419 e. The van der Waals surface area contributed by atoms with Gasteiger partial charge in [0, 0.05) is 64.6 Å². The fourth-order valence-electron chi connectivity index (χ4n) is 3.64. The number of carbonyl (C=O) groups is 1. The summed E-state index contributed by atoms with van der Waals surface area (Å²) < 4.78 is 33.9. The SMILES string of the molecule is CN(C)c1ccc(C(=O)N2CCN(S(=O)(=O)c3ccc4c(c3)oc(=O)n4C)CC2)cc1. The van der Waals surface area contributed by atoms with Crippen molar-refractivity contribution in [3.63, 3.8) is 0 Å². The van der Waals surface area contributed by atoms with Gasteiger partial charge in [-0.3, -0.25) is 9.36 Å². The fraction of sp³-hybridized carbons (Fsp3) is 0.333. The molecule has 10 heteroatoms. The van der Waals surface area contributed by atoms with E-state index in [1.54, 1.807) is 30.1 Å². The van der Waals surface area contributed by atoms with Crippen molar-refractivity contribution >= 4 is 32.7 Å². The van der Waals surface area contributed by atoms with Gasteiger partial charge in [-0.2, -0.15) is 4.31 Å². The third kappa shape index (κ3) is 3.84. The lowest BCUT2D eigenvalue weighted by Gasteiger charge is -2.34. The number of anilines is 1. The summed E-state index contributed by atoms with van der Waals surface area (Å²) >= 11 is 0. The summed E-state index contributed by atoms with van der Waals surface area (Å²) in [7, 11) is 1.66. The maximum Gasteiger partial charge on any atom is 0.419 e. The van der Waals surface area contributed by atoms with Gasteiger partial charge in [-0.15, -0.1) is 0 Å². The third-order valence-corrected chi connectivity index (χ3v) is 7.45. The molecule has 0 aliphatic carbocycles. The Morgan fingerprint density at radius 2 is 1.65 bits per heavy atom. The number of fused-ring (bicyclic) bond motifs is 1. The van der Waals surface area contributed by atoms with Crippen LogP contribution in [0.4, 0.5) is 5.69 Å². The minimum Gasteiger partial charge on any atom is -0.408 e. The average Bonchev–Trinajstić information content (AvgIpc) is 3.06. The van der Waals surface area contributed by atoms with Crippen LogP contribution >= 0.6 is 0 Å². The van der Waals surface area contributed by atoms with E-state index in [1.807, 2.05) is 31.1 Å². The summed E-state index contributed by atoms with van der Waals surface area (Å²) in [5, 5.41) is 0. The summed E-state index contributed by atoms with van der Waals surface area (Å²) in [4.78, 5) is 28.1. The van der Waals surface area contributed by atoms with Crippen molar-refractivity contribution in [1.29, 1.82) is 0 Å². The first-order chi connectivity index (χ1) is 14.7. The van der Waals surface area contributed by atoms with Crippen molar-refractivity contribution in [3.05, 3.63) is 58.6 Å². The van der Waals surface area contributed by atoms with Gasteiger partial charge in [-0.25, -0.2) is 13.2 Å². The van der Waals surface area contributed by atoms with E-state index >= 15 is 0 Å². The first kappa shape index (κ1) is 21.1. The zero-order valence-corrected chi connectivity index (χ0v) is 18.4. The second-order valence-electron chi connectivity index (χ2n) is 7.69. The molecule has 0 radical (unpaired) electrons. The molecule has 2 aromatic carbocycles. The number of rotatable bonds is 4. The maximum absolute atomic E-state index is 13.1. The van der Waals surface area contributed by atoms with Crippen LogP contribution in [0.5, 0.6) is 0 Å². The quantitative estimate of drug-likeness (QED) is 0.603. The maximum atomic E-state index is 13.1. The molecule has 0 bridgehead atoms. The summed E-state index contributed by atoms with van der Waals surface area (Å²) in [6, 6.07) is 11.7. The van der Waals surface area contributed by atoms with Crippen LogP contribution in [0.2, 0.25) is 0 Å². The lowest BCUT2D eigenvalue weighted by atomic mass is 10.1. The Kier molecular flexibility index (Phi) is 5.36. The van der Waals surface area contributed by atoms with Crippen LogP contribution in [0, 0.1) is 0 Å². The molecule has 3 aromatic rings. The van der Waals surface area contributed by atoms with Gasteiger partial charge in [0.1, 0.15) is 0 Å². The molecule has 9 nitrogen and oxygen atoms in total. The van der Waals surface area contributed by atoms with Gasteiger partial charge in [0.05, 0.1) is 10.4 Å². The number of hydrogen-bond donors (Lipinski definition) is 0. The van der Waals surface area contributed by atoms with Crippen molar-refractivity contribution in [2.24, 2.45) is 7.05 Å². The molecule has 0 saturated carbocycles. The van der Waals surface area contributed by atoms with Crippen molar-refractivity contribution in [2.45, 2.75) is 4.90 Å². The number of hydrogen-bond acceptors (Lipinski definition) is 6. The van der Waals surface area contributed by atoms with Crippen molar-refractivity contribution in [3.8, 4) is 0 Å². The highest BCUT2D eigenvalue weighted by Gasteiger charge is 2.31. The summed E-state index contributed by atoms with van der Waals surface area (Å²) in [6.45, 7) is 0.994. The van der Waals surface area contributed by atoms with Gasteiger partial charge >= 0.3 is 5.76 Å². The number of nitrogens with zero attached hydrogens (tertiary/aromatic N) is 4. The molecule has 1 saturated heterocycles. The molecular weight excluding hydrogens is 420 g/mol. The molecule has 1 aromatic heterocycles. The van der Waals surface area contributed by atoms with Crippen molar-refractivity contribution in [2.75, 3.05) is 45.2 Å². The minimum atomic E-state index is -3.77. The highest BCUT2D eigenvalue weighted by molar-refractivity contribution is 7.89. The van der Waals surface area contributed by atoms with Gasteiger partial charge in [0.2, 0.25) is 10.0 Å². The molecule has 31 heavy (non-hydrogen) atoms. The number of piperazine rings is 1. The average molecular weight is 445 g/mol. The molecule has 1 fully saturated rings. The molecule has 0 unspecified atom stereocenters. The Morgan fingerprint density at radius 1 is 1.00 bits per heavy atom. The third-order valence-electron chi connectivity index (χ3n) is 5.56. The lowest BCUT2D eigenvalue weighted by Crippen LogP contribution is -2.50. The van der Waals surface area contributed by atoms with E-state index < -0.39 is 15.8 Å². The molecule has 164 valence electrons. The summed E-state index contributed by atoms with van der Waals surface area (Å²) in [5.41, 5.74) is 2.33. The van der Waals surface area contributed by atoms with Crippen molar-refractivity contribution in [1.82, 2.24) is 13.8 Å². The van der Waals surface area contributed by atoms with Gasteiger partial charge in [-0.05, 0) is 36.4 Å². The van der Waals surface area contributed by atoms with Gasteiger partial charge in [-0.1, -0.05) is 0 Å². The van der Waals surface area contributed by atoms with Crippen LogP contribution in [0.15, 0.2) is 56.6 Å². The molecule has 1 amide bonds. The Balaban J connectivity index is 1.47. The number of benzene rings is 2. The molecule has 2 heterocycles. The van der Waals surface area contributed by atoms with E-state index in [1.165, 1.54) is 21.0 Å². The number of amides is 1. The molecule has 1 aliphatic rings. The van der Waals surface area contributed by atoms with E-state index in [2.05, 4.69) is 0 Å². The zero-order chi connectivity index (χ0) is 22.3. The first-order valence-corrected chi connectivity index (χ1v) is 11.3. The van der Waals surface area contributed by atoms with Gasteiger partial charge < -0.3 is 14.2 Å². The number of aryl methyl sites for hydroxylation is 1. The van der Waals surface area contributed by atoms with E-state index in [-0.39, 0.29) is 29.5 Å². The van der Waals surface area contributed by atoms with Gasteiger partial charge in [0.25, 0.3) is 5.91 Å². The lowest BCUT2D eigenvalue weighted by molar-refractivity contribution is 0.0698. The number of carbonyl (C=O) groups excluding carboxylic acids is 1. The van der Waals surface area contributed by atoms with E-state index in [0.29, 0.717) is 24.2 Å². The number of aromatic nitrogens is 1. The summed E-state index contributed by atoms with van der Waals surface area (Å²) in [5.74, 6) is -0.662. The van der Waals surface area contributed by atoms with E-state index in [4.69, 9.17) is 4.42 Å². The second-order valence-corrected chi connectivity index (χ2v) is 9.63. The molecule has 4 rings (SSSR count). The van der Waals surface area contributed by atoms with Crippen LogP contribution < -0.4 is 10.7 Å². The Labute approximate surface area is 180 Å². The second kappa shape index (κ2) is 7.86. The van der Waals surface area contributed by atoms with Crippen LogP contribution in [0.3, 0.4) is 0 Å². The smallest absolute Gasteiger partial charge is 0.408 e. The fourth-order valence-corrected chi connectivity index (χ4v) is 5.08. The first-order valence-electron chi connectivity index (χ1n) is 9.85. The number of sulfonamides is 1.